The molecule has 0 aliphatic rings. The maximum absolute atomic E-state index is 13.2. The predicted octanol–water partition coefficient (Wildman–Crippen LogP) is 3.24. The normalized spacial score (nSPS) is 11.0. The van der Waals surface area contributed by atoms with E-state index in [0.29, 0.717) is 22.5 Å². The van der Waals surface area contributed by atoms with E-state index in [9.17, 15) is 9.18 Å². The second kappa shape index (κ2) is 5.73. The smallest absolute Gasteiger partial charge is 0.261 e. The Balaban J connectivity index is 1.68. The first-order valence-electron chi connectivity index (χ1n) is 7.35. The largest absolute Gasteiger partial charge is 0.444 e. The number of halogens is 1. The fraction of sp³-hybridized carbons (Fsp3) is 0.0556. The summed E-state index contributed by atoms with van der Waals surface area (Å²) in [4.78, 5) is 21.0. The molecule has 6 heteroatoms. The quantitative estimate of drug-likeness (QED) is 0.581. The molecule has 5 nitrogen and oxygen atoms in total. The van der Waals surface area contributed by atoms with E-state index in [0.717, 1.165) is 5.56 Å². The molecule has 0 saturated carbocycles. The molecular weight excluding hydrogens is 309 g/mol. The summed E-state index contributed by atoms with van der Waals surface area (Å²) in [7, 11) is 0. The number of rotatable bonds is 3. The maximum Gasteiger partial charge on any atom is 0.261 e. The van der Waals surface area contributed by atoms with E-state index in [2.05, 4.69) is 9.97 Å². The number of nitrogens with zero attached hydrogens (tertiary/aromatic N) is 3. The van der Waals surface area contributed by atoms with E-state index in [4.69, 9.17) is 4.42 Å². The summed E-state index contributed by atoms with van der Waals surface area (Å²) in [6, 6.07) is 13.4. The molecule has 0 saturated heterocycles. The van der Waals surface area contributed by atoms with Crippen LogP contribution in [0.4, 0.5) is 4.39 Å². The van der Waals surface area contributed by atoms with Crippen LogP contribution in [-0.2, 0) is 6.54 Å². The van der Waals surface area contributed by atoms with Crippen LogP contribution in [0.3, 0.4) is 0 Å². The molecule has 0 aliphatic carbocycles. The van der Waals surface area contributed by atoms with Crippen LogP contribution in [0.5, 0.6) is 0 Å². The maximum atomic E-state index is 13.2. The van der Waals surface area contributed by atoms with Crippen molar-refractivity contribution in [2.75, 3.05) is 0 Å². The van der Waals surface area contributed by atoms with Crippen molar-refractivity contribution >= 4 is 10.9 Å². The van der Waals surface area contributed by atoms with Crippen LogP contribution in [0, 0.1) is 5.82 Å². The highest BCUT2D eigenvalue weighted by Gasteiger charge is 2.10. The first-order chi connectivity index (χ1) is 11.7. The van der Waals surface area contributed by atoms with Gasteiger partial charge in [0.1, 0.15) is 12.1 Å². The number of benzene rings is 2. The summed E-state index contributed by atoms with van der Waals surface area (Å²) in [5.74, 6) is 0.0747. The Morgan fingerprint density at radius 1 is 1.12 bits per heavy atom. The van der Waals surface area contributed by atoms with Gasteiger partial charge in [0.05, 0.1) is 29.5 Å². The van der Waals surface area contributed by atoms with Crippen LogP contribution in [0.2, 0.25) is 0 Å². The molecule has 0 bridgehead atoms. The number of aromatic nitrogens is 3. The van der Waals surface area contributed by atoms with Crippen molar-refractivity contribution in [1.82, 2.24) is 14.5 Å². The molecular formula is C18H12FN3O2. The van der Waals surface area contributed by atoms with Crippen molar-refractivity contribution in [2.45, 2.75) is 6.54 Å². The van der Waals surface area contributed by atoms with Crippen molar-refractivity contribution in [3.05, 3.63) is 83.0 Å². The van der Waals surface area contributed by atoms with Crippen LogP contribution in [-0.4, -0.2) is 14.5 Å². The van der Waals surface area contributed by atoms with Crippen molar-refractivity contribution in [3.63, 3.8) is 0 Å². The molecule has 24 heavy (non-hydrogen) atoms. The number of fused-ring (bicyclic) bond motifs is 1. The van der Waals surface area contributed by atoms with Gasteiger partial charge in [-0.25, -0.2) is 14.4 Å². The highest BCUT2D eigenvalue weighted by atomic mass is 19.1. The van der Waals surface area contributed by atoms with Gasteiger partial charge in [0.15, 0.2) is 0 Å². The molecule has 2 aromatic carbocycles. The van der Waals surface area contributed by atoms with Gasteiger partial charge in [-0.1, -0.05) is 18.2 Å². The van der Waals surface area contributed by atoms with E-state index in [-0.39, 0.29) is 12.1 Å². The van der Waals surface area contributed by atoms with Crippen molar-refractivity contribution in [1.29, 1.82) is 0 Å². The zero-order chi connectivity index (χ0) is 16.5. The monoisotopic (exact) mass is 321 g/mol. The Hall–Kier alpha value is -3.28. The molecule has 2 heterocycles. The minimum atomic E-state index is -0.420. The SMILES string of the molecule is O=c1c2ccc(F)cc2ncn1Cc1coc(-c2ccccc2)n1. The molecule has 118 valence electrons. The molecule has 0 N–H and O–H groups in total. The second-order valence-electron chi connectivity index (χ2n) is 5.35. The third-order valence-electron chi connectivity index (χ3n) is 3.69. The molecule has 0 atom stereocenters. The minimum absolute atomic E-state index is 0.232. The van der Waals surface area contributed by atoms with E-state index in [1.165, 1.54) is 35.4 Å². The molecule has 2 aromatic heterocycles. The van der Waals surface area contributed by atoms with Crippen LogP contribution in [0.1, 0.15) is 5.69 Å². The Labute approximate surface area is 136 Å². The summed E-state index contributed by atoms with van der Waals surface area (Å²) in [6.07, 6.45) is 2.91. The molecule has 0 spiro atoms. The summed E-state index contributed by atoms with van der Waals surface area (Å²) in [6.45, 7) is 0.232. The number of oxazole rings is 1. The van der Waals surface area contributed by atoms with Crippen LogP contribution < -0.4 is 5.56 Å². The fourth-order valence-corrected chi connectivity index (χ4v) is 2.51. The molecule has 0 unspecified atom stereocenters. The molecule has 0 radical (unpaired) electrons. The van der Waals surface area contributed by atoms with E-state index in [1.807, 2.05) is 30.3 Å². The Morgan fingerprint density at radius 3 is 2.79 bits per heavy atom. The highest BCUT2D eigenvalue weighted by Crippen LogP contribution is 2.18. The first-order valence-corrected chi connectivity index (χ1v) is 7.35. The van der Waals surface area contributed by atoms with Crippen LogP contribution in [0.15, 0.2) is 70.3 Å². The zero-order valence-corrected chi connectivity index (χ0v) is 12.5. The summed E-state index contributed by atoms with van der Waals surface area (Å²) >= 11 is 0. The van der Waals surface area contributed by atoms with Gasteiger partial charge in [0.25, 0.3) is 5.56 Å². The lowest BCUT2D eigenvalue weighted by atomic mass is 10.2. The predicted molar refractivity (Wildman–Crippen MR) is 87.0 cm³/mol. The van der Waals surface area contributed by atoms with Gasteiger partial charge >= 0.3 is 0 Å². The average Bonchev–Trinajstić information content (AvgIpc) is 3.07. The van der Waals surface area contributed by atoms with E-state index < -0.39 is 5.82 Å². The molecule has 0 amide bonds. The van der Waals surface area contributed by atoms with Gasteiger partial charge < -0.3 is 4.42 Å². The van der Waals surface area contributed by atoms with Crippen LogP contribution in [0.25, 0.3) is 22.4 Å². The Bertz CT molecular complexity index is 1070. The standard InChI is InChI=1S/C18H12FN3O2/c19-13-6-7-15-16(8-13)20-11-22(18(15)23)9-14-10-24-17(21-14)12-4-2-1-3-5-12/h1-8,10-11H,9H2. The molecule has 0 fully saturated rings. The van der Waals surface area contributed by atoms with Crippen LogP contribution >= 0.6 is 0 Å². The molecule has 4 rings (SSSR count). The topological polar surface area (TPSA) is 60.9 Å². The van der Waals surface area contributed by atoms with Gasteiger partial charge in [-0.05, 0) is 24.3 Å². The first kappa shape index (κ1) is 14.3. The number of hydrogen-bond acceptors (Lipinski definition) is 4. The van der Waals surface area contributed by atoms with Crippen molar-refractivity contribution in [2.24, 2.45) is 0 Å². The fourth-order valence-electron chi connectivity index (χ4n) is 2.51. The Kier molecular flexibility index (Phi) is 3.42. The Morgan fingerprint density at radius 2 is 1.96 bits per heavy atom. The summed E-state index contributed by atoms with van der Waals surface area (Å²) in [5, 5.41) is 0.366. The third kappa shape index (κ3) is 2.58. The minimum Gasteiger partial charge on any atom is -0.444 e. The molecule has 4 aromatic rings. The van der Waals surface area contributed by atoms with E-state index >= 15 is 0 Å². The van der Waals surface area contributed by atoms with Crippen molar-refractivity contribution in [3.8, 4) is 11.5 Å². The van der Waals surface area contributed by atoms with Gasteiger partial charge in [-0.3, -0.25) is 9.36 Å². The van der Waals surface area contributed by atoms with Gasteiger partial charge in [-0.15, -0.1) is 0 Å². The highest BCUT2D eigenvalue weighted by molar-refractivity contribution is 5.77. The zero-order valence-electron chi connectivity index (χ0n) is 12.5. The summed E-state index contributed by atoms with van der Waals surface area (Å²) < 4.78 is 20.1. The van der Waals surface area contributed by atoms with E-state index in [1.54, 1.807) is 0 Å². The van der Waals surface area contributed by atoms with Crippen molar-refractivity contribution < 1.29 is 8.81 Å². The van der Waals surface area contributed by atoms with Gasteiger partial charge in [-0.2, -0.15) is 0 Å². The van der Waals surface area contributed by atoms with Gasteiger partial charge in [0.2, 0.25) is 5.89 Å². The summed E-state index contributed by atoms with van der Waals surface area (Å²) in [5.41, 5.74) is 1.56. The lowest BCUT2D eigenvalue weighted by molar-refractivity contribution is 0.571. The second-order valence-corrected chi connectivity index (χ2v) is 5.35. The molecule has 0 aliphatic heterocycles. The lowest BCUT2D eigenvalue weighted by Gasteiger charge is -2.04. The third-order valence-corrected chi connectivity index (χ3v) is 3.69. The van der Waals surface area contributed by atoms with Gasteiger partial charge in [0, 0.05) is 11.6 Å². The lowest BCUT2D eigenvalue weighted by Crippen LogP contribution is -2.21. The average molecular weight is 321 g/mol. The number of hydrogen-bond donors (Lipinski definition) is 0.